The predicted octanol–water partition coefficient (Wildman–Crippen LogP) is 2.08. The number of hydrogen-bond acceptors (Lipinski definition) is 5. The third-order valence-electron chi connectivity index (χ3n) is 1.73. The standard InChI is InChI=1S/C9H6ClN3O2S/c10-8-12-13-9(16-8)15-6-4-2-1-3-5(6)7(11)14/h1-4H,(H2,11,14). The molecule has 0 saturated carbocycles. The third kappa shape index (κ3) is 2.29. The summed E-state index contributed by atoms with van der Waals surface area (Å²) in [6.07, 6.45) is 0. The van der Waals surface area contributed by atoms with Crippen molar-refractivity contribution in [1.82, 2.24) is 10.2 Å². The molecule has 1 amide bonds. The number of amides is 1. The van der Waals surface area contributed by atoms with Crippen LogP contribution in [0.15, 0.2) is 24.3 Å². The van der Waals surface area contributed by atoms with Crippen LogP contribution in [0.2, 0.25) is 4.47 Å². The van der Waals surface area contributed by atoms with Crippen LogP contribution in [0.25, 0.3) is 0 Å². The summed E-state index contributed by atoms with van der Waals surface area (Å²) in [5.74, 6) is -0.228. The zero-order chi connectivity index (χ0) is 11.5. The highest BCUT2D eigenvalue weighted by molar-refractivity contribution is 7.17. The number of ether oxygens (including phenoxy) is 1. The molecule has 1 heterocycles. The first-order chi connectivity index (χ1) is 7.66. The summed E-state index contributed by atoms with van der Waals surface area (Å²) in [7, 11) is 0. The van der Waals surface area contributed by atoms with Gasteiger partial charge in [-0.2, -0.15) is 0 Å². The molecule has 2 aromatic rings. The van der Waals surface area contributed by atoms with Gasteiger partial charge in [0.25, 0.3) is 5.91 Å². The third-order valence-corrected chi connectivity index (χ3v) is 2.63. The SMILES string of the molecule is NC(=O)c1ccccc1Oc1nnc(Cl)s1. The summed E-state index contributed by atoms with van der Waals surface area (Å²) in [5, 5.41) is 7.52. The van der Waals surface area contributed by atoms with Gasteiger partial charge in [-0.3, -0.25) is 4.79 Å². The molecule has 5 nitrogen and oxygen atoms in total. The number of primary amides is 1. The first-order valence-electron chi connectivity index (χ1n) is 4.22. The molecule has 16 heavy (non-hydrogen) atoms. The van der Waals surface area contributed by atoms with Gasteiger partial charge >= 0.3 is 5.19 Å². The van der Waals surface area contributed by atoms with Gasteiger partial charge in [0.15, 0.2) is 0 Å². The minimum atomic E-state index is -0.564. The lowest BCUT2D eigenvalue weighted by Crippen LogP contribution is -2.11. The number of para-hydroxylation sites is 1. The van der Waals surface area contributed by atoms with Crippen LogP contribution in [0.5, 0.6) is 10.9 Å². The van der Waals surface area contributed by atoms with Crippen LogP contribution in [0, 0.1) is 0 Å². The van der Waals surface area contributed by atoms with Gasteiger partial charge in [0.1, 0.15) is 5.75 Å². The quantitative estimate of drug-likeness (QED) is 0.911. The molecule has 0 atom stereocenters. The molecule has 0 spiro atoms. The van der Waals surface area contributed by atoms with E-state index in [0.717, 1.165) is 11.3 Å². The molecular weight excluding hydrogens is 250 g/mol. The topological polar surface area (TPSA) is 78.1 Å². The normalized spacial score (nSPS) is 10.1. The van der Waals surface area contributed by atoms with E-state index < -0.39 is 5.91 Å². The second kappa shape index (κ2) is 4.46. The van der Waals surface area contributed by atoms with Gasteiger partial charge in [0.2, 0.25) is 4.47 Å². The van der Waals surface area contributed by atoms with E-state index in [-0.39, 0.29) is 15.2 Å². The summed E-state index contributed by atoms with van der Waals surface area (Å²) in [6, 6.07) is 6.61. The Morgan fingerprint density at radius 3 is 2.75 bits per heavy atom. The first kappa shape index (κ1) is 10.8. The molecule has 2 N–H and O–H groups in total. The van der Waals surface area contributed by atoms with Crippen LogP contribution >= 0.6 is 22.9 Å². The van der Waals surface area contributed by atoms with Gasteiger partial charge in [0, 0.05) is 0 Å². The van der Waals surface area contributed by atoms with Crippen LogP contribution < -0.4 is 10.5 Å². The van der Waals surface area contributed by atoms with Gasteiger partial charge in [-0.05, 0) is 35.1 Å². The molecular formula is C9H6ClN3O2S. The monoisotopic (exact) mass is 255 g/mol. The number of nitrogens with zero attached hydrogens (tertiary/aromatic N) is 2. The predicted molar refractivity (Wildman–Crippen MR) is 60.0 cm³/mol. The molecule has 0 saturated heterocycles. The number of aromatic nitrogens is 2. The Hall–Kier alpha value is -1.66. The van der Waals surface area contributed by atoms with E-state index in [9.17, 15) is 4.79 Å². The highest BCUT2D eigenvalue weighted by atomic mass is 35.5. The molecule has 1 aromatic heterocycles. The minimum absolute atomic E-state index is 0.263. The van der Waals surface area contributed by atoms with E-state index in [1.807, 2.05) is 0 Å². The Kier molecular flexibility index (Phi) is 3.02. The smallest absolute Gasteiger partial charge is 0.300 e. The lowest BCUT2D eigenvalue weighted by atomic mass is 10.2. The highest BCUT2D eigenvalue weighted by Crippen LogP contribution is 2.29. The van der Waals surface area contributed by atoms with Crippen LogP contribution in [0.1, 0.15) is 10.4 Å². The molecule has 0 aliphatic heterocycles. The van der Waals surface area contributed by atoms with Gasteiger partial charge in [-0.25, -0.2) is 0 Å². The van der Waals surface area contributed by atoms with Gasteiger partial charge in [0.05, 0.1) is 5.56 Å². The van der Waals surface area contributed by atoms with Crippen molar-refractivity contribution in [2.75, 3.05) is 0 Å². The molecule has 0 unspecified atom stereocenters. The number of nitrogens with two attached hydrogens (primary N) is 1. The van der Waals surface area contributed by atoms with Crippen molar-refractivity contribution in [3.63, 3.8) is 0 Å². The molecule has 0 radical (unpaired) electrons. The molecule has 2 rings (SSSR count). The zero-order valence-corrected chi connectivity index (χ0v) is 9.46. The van der Waals surface area contributed by atoms with Crippen molar-refractivity contribution in [3.8, 4) is 10.9 Å². The Morgan fingerprint density at radius 1 is 1.38 bits per heavy atom. The maximum absolute atomic E-state index is 11.1. The van der Waals surface area contributed by atoms with Crippen molar-refractivity contribution in [3.05, 3.63) is 34.3 Å². The Balaban J connectivity index is 2.31. The number of carbonyl (C=O) groups excluding carboxylic acids is 1. The molecule has 1 aromatic carbocycles. The van der Waals surface area contributed by atoms with Crippen molar-refractivity contribution >= 4 is 28.8 Å². The van der Waals surface area contributed by atoms with Gasteiger partial charge in [-0.15, -0.1) is 5.10 Å². The fourth-order valence-corrected chi connectivity index (χ4v) is 1.76. The molecule has 0 bridgehead atoms. The van der Waals surface area contributed by atoms with Crippen molar-refractivity contribution in [1.29, 1.82) is 0 Å². The van der Waals surface area contributed by atoms with E-state index in [1.165, 1.54) is 0 Å². The Labute approximate surface area is 99.8 Å². The van der Waals surface area contributed by atoms with Crippen molar-refractivity contribution < 1.29 is 9.53 Å². The second-order valence-corrected chi connectivity index (χ2v) is 4.31. The van der Waals surface area contributed by atoms with Crippen LogP contribution in [0.4, 0.5) is 0 Å². The number of hydrogen-bond donors (Lipinski definition) is 1. The van der Waals surface area contributed by atoms with Crippen LogP contribution in [0.3, 0.4) is 0 Å². The van der Waals surface area contributed by atoms with Crippen molar-refractivity contribution in [2.45, 2.75) is 0 Å². The van der Waals surface area contributed by atoms with E-state index in [4.69, 9.17) is 22.1 Å². The van der Waals surface area contributed by atoms with Gasteiger partial charge < -0.3 is 10.5 Å². The second-order valence-electron chi connectivity index (χ2n) is 2.78. The summed E-state index contributed by atoms with van der Waals surface area (Å²) < 4.78 is 5.62. The minimum Gasteiger partial charge on any atom is -0.429 e. The van der Waals surface area contributed by atoms with E-state index in [2.05, 4.69) is 10.2 Å². The fraction of sp³-hybridized carbons (Fsp3) is 0. The van der Waals surface area contributed by atoms with E-state index in [1.54, 1.807) is 24.3 Å². The van der Waals surface area contributed by atoms with E-state index in [0.29, 0.717) is 5.75 Å². The zero-order valence-electron chi connectivity index (χ0n) is 7.88. The molecule has 7 heteroatoms. The molecule has 0 aliphatic carbocycles. The Morgan fingerprint density at radius 2 is 2.12 bits per heavy atom. The lowest BCUT2D eigenvalue weighted by Gasteiger charge is -2.04. The molecule has 0 aliphatic rings. The fourth-order valence-electron chi connectivity index (χ4n) is 1.09. The summed E-state index contributed by atoms with van der Waals surface area (Å²) in [6.45, 7) is 0. The molecule has 0 fully saturated rings. The average molecular weight is 256 g/mol. The number of rotatable bonds is 3. The Bertz CT molecular complexity index is 529. The summed E-state index contributed by atoms with van der Waals surface area (Å²) in [5.41, 5.74) is 5.48. The lowest BCUT2D eigenvalue weighted by molar-refractivity contribution is 0.0998. The van der Waals surface area contributed by atoms with Gasteiger partial charge in [-0.1, -0.05) is 17.2 Å². The van der Waals surface area contributed by atoms with E-state index >= 15 is 0 Å². The summed E-state index contributed by atoms with van der Waals surface area (Å²) in [4.78, 5) is 11.1. The largest absolute Gasteiger partial charge is 0.429 e. The highest BCUT2D eigenvalue weighted by Gasteiger charge is 2.11. The number of halogens is 1. The average Bonchev–Trinajstić information content (AvgIpc) is 2.64. The number of carbonyl (C=O) groups is 1. The maximum Gasteiger partial charge on any atom is 0.300 e. The van der Waals surface area contributed by atoms with Crippen LogP contribution in [-0.2, 0) is 0 Å². The van der Waals surface area contributed by atoms with Crippen LogP contribution in [-0.4, -0.2) is 16.1 Å². The number of benzene rings is 1. The van der Waals surface area contributed by atoms with Crippen molar-refractivity contribution in [2.24, 2.45) is 5.73 Å². The molecule has 82 valence electrons. The maximum atomic E-state index is 11.1. The first-order valence-corrected chi connectivity index (χ1v) is 5.42. The summed E-state index contributed by atoms with van der Waals surface area (Å²) >= 11 is 6.67.